The first-order valence-electron chi connectivity index (χ1n) is 11.9. The van der Waals surface area contributed by atoms with E-state index in [2.05, 4.69) is 0 Å². The van der Waals surface area contributed by atoms with Gasteiger partial charge in [-0.2, -0.15) is 0 Å². The van der Waals surface area contributed by atoms with Crippen molar-refractivity contribution in [1.29, 1.82) is 0 Å². The molecule has 2 aromatic carbocycles. The lowest BCUT2D eigenvalue weighted by Crippen LogP contribution is -2.62. The van der Waals surface area contributed by atoms with E-state index in [1.165, 1.54) is 0 Å². The summed E-state index contributed by atoms with van der Waals surface area (Å²) in [6.45, 7) is 7.70. The predicted octanol–water partition coefficient (Wildman–Crippen LogP) is 3.67. The van der Waals surface area contributed by atoms with Crippen LogP contribution in [0.4, 0.5) is 0 Å². The van der Waals surface area contributed by atoms with E-state index < -0.39 is 48.2 Å². The summed E-state index contributed by atoms with van der Waals surface area (Å²) in [6, 6.07) is 14.0. The Balaban J connectivity index is 1.32. The summed E-state index contributed by atoms with van der Waals surface area (Å²) in [5.74, 6) is -0.275. The van der Waals surface area contributed by atoms with Crippen LogP contribution in [0.3, 0.4) is 0 Å². The molecule has 1 saturated carbocycles. The fourth-order valence-corrected chi connectivity index (χ4v) is 5.24. The molecule has 2 saturated heterocycles. The Morgan fingerprint density at radius 2 is 1.23 bits per heavy atom. The van der Waals surface area contributed by atoms with Crippen molar-refractivity contribution in [2.75, 3.05) is 14.2 Å². The van der Waals surface area contributed by atoms with Crippen molar-refractivity contribution in [3.8, 4) is 22.6 Å². The van der Waals surface area contributed by atoms with E-state index in [1.807, 2.05) is 70.2 Å². The number of methoxy groups -OCH3 is 2. The molecule has 0 spiro atoms. The SMILES string of the molecule is COc1ccc(-c2ccc(COC3[C@H]4OC(C)(C)O[C@@H]4C(O)[C@@H]4OC(C)(C)O[C@H]34)cc2)cc1OC. The Labute approximate surface area is 206 Å². The first kappa shape index (κ1) is 24.5. The van der Waals surface area contributed by atoms with E-state index in [9.17, 15) is 5.11 Å². The van der Waals surface area contributed by atoms with Crippen molar-refractivity contribution < 1.29 is 38.3 Å². The van der Waals surface area contributed by atoms with Crippen LogP contribution in [0.25, 0.3) is 11.1 Å². The normalized spacial score (nSPS) is 32.7. The maximum Gasteiger partial charge on any atom is 0.164 e. The second-order valence-electron chi connectivity index (χ2n) is 10.2. The minimum absolute atomic E-state index is 0.354. The molecular formula is C27H34O8. The van der Waals surface area contributed by atoms with Crippen molar-refractivity contribution >= 4 is 0 Å². The van der Waals surface area contributed by atoms with Gasteiger partial charge >= 0.3 is 0 Å². The fourth-order valence-electron chi connectivity index (χ4n) is 5.24. The number of fused-ring (bicyclic) bond motifs is 2. The summed E-state index contributed by atoms with van der Waals surface area (Å²) in [5.41, 5.74) is 3.09. The van der Waals surface area contributed by atoms with Crippen LogP contribution in [0.2, 0.25) is 0 Å². The van der Waals surface area contributed by atoms with Gasteiger partial charge in [-0.3, -0.25) is 0 Å². The molecule has 2 unspecified atom stereocenters. The van der Waals surface area contributed by atoms with E-state index in [0.717, 1.165) is 16.7 Å². The molecular weight excluding hydrogens is 452 g/mol. The Bertz CT molecular complexity index is 1020. The highest BCUT2D eigenvalue weighted by molar-refractivity contribution is 5.67. The highest BCUT2D eigenvalue weighted by Gasteiger charge is 2.63. The van der Waals surface area contributed by atoms with E-state index in [4.69, 9.17) is 33.2 Å². The smallest absolute Gasteiger partial charge is 0.164 e. The van der Waals surface area contributed by atoms with E-state index >= 15 is 0 Å². The largest absolute Gasteiger partial charge is 0.493 e. The number of rotatable bonds is 6. The summed E-state index contributed by atoms with van der Waals surface area (Å²) in [4.78, 5) is 0. The topological polar surface area (TPSA) is 84.8 Å². The highest BCUT2D eigenvalue weighted by atomic mass is 16.8. The predicted molar refractivity (Wildman–Crippen MR) is 127 cm³/mol. The molecule has 3 aliphatic rings. The molecule has 0 aromatic heterocycles. The molecule has 1 aliphatic carbocycles. The van der Waals surface area contributed by atoms with Gasteiger partial charge in [0.05, 0.1) is 20.8 Å². The molecule has 8 nitrogen and oxygen atoms in total. The molecule has 8 heteroatoms. The lowest BCUT2D eigenvalue weighted by molar-refractivity contribution is -0.190. The second kappa shape index (κ2) is 9.03. The lowest BCUT2D eigenvalue weighted by Gasteiger charge is -2.40. The Morgan fingerprint density at radius 3 is 1.77 bits per heavy atom. The van der Waals surface area contributed by atoms with Crippen LogP contribution >= 0.6 is 0 Å². The van der Waals surface area contributed by atoms with Gasteiger partial charge in [0.1, 0.15) is 36.6 Å². The van der Waals surface area contributed by atoms with Crippen LogP contribution in [-0.2, 0) is 30.3 Å². The molecule has 35 heavy (non-hydrogen) atoms. The van der Waals surface area contributed by atoms with Crippen LogP contribution in [0.1, 0.15) is 33.3 Å². The Hall–Kier alpha value is -2.20. The van der Waals surface area contributed by atoms with Gasteiger partial charge in [-0.25, -0.2) is 0 Å². The van der Waals surface area contributed by atoms with Crippen molar-refractivity contribution in [3.05, 3.63) is 48.0 Å². The van der Waals surface area contributed by atoms with Gasteiger partial charge < -0.3 is 38.3 Å². The third-order valence-corrected chi connectivity index (χ3v) is 6.76. The summed E-state index contributed by atoms with van der Waals surface area (Å²) in [7, 11) is 3.25. The molecule has 1 N–H and O–H groups in total. The molecule has 2 heterocycles. The zero-order valence-corrected chi connectivity index (χ0v) is 21.0. The summed E-state index contributed by atoms with van der Waals surface area (Å²) in [6.07, 6.45) is -3.37. The van der Waals surface area contributed by atoms with Crippen molar-refractivity contribution in [1.82, 2.24) is 0 Å². The first-order valence-corrected chi connectivity index (χ1v) is 11.9. The fraction of sp³-hybridized carbons (Fsp3) is 0.556. The lowest BCUT2D eigenvalue weighted by atomic mass is 9.85. The zero-order valence-electron chi connectivity index (χ0n) is 21.0. The molecule has 5 rings (SSSR count). The minimum atomic E-state index is -0.867. The Morgan fingerprint density at radius 1 is 0.714 bits per heavy atom. The monoisotopic (exact) mass is 486 g/mol. The quantitative estimate of drug-likeness (QED) is 0.662. The molecule has 190 valence electrons. The van der Waals surface area contributed by atoms with E-state index in [1.54, 1.807) is 14.2 Å². The van der Waals surface area contributed by atoms with Crippen LogP contribution in [-0.4, -0.2) is 67.5 Å². The maximum atomic E-state index is 10.9. The van der Waals surface area contributed by atoms with Crippen molar-refractivity contribution in [2.45, 2.75) is 82.5 Å². The van der Waals surface area contributed by atoms with Gasteiger partial charge in [0.15, 0.2) is 23.1 Å². The molecule has 6 atom stereocenters. The first-order chi connectivity index (χ1) is 16.6. The number of benzene rings is 2. The van der Waals surface area contributed by atoms with Crippen molar-refractivity contribution in [2.24, 2.45) is 0 Å². The molecule has 0 bridgehead atoms. The summed E-state index contributed by atoms with van der Waals surface area (Å²) >= 11 is 0. The van der Waals surface area contributed by atoms with Crippen LogP contribution in [0.5, 0.6) is 11.5 Å². The van der Waals surface area contributed by atoms with Gasteiger partial charge in [-0.1, -0.05) is 30.3 Å². The molecule has 2 aromatic rings. The van der Waals surface area contributed by atoms with E-state index in [0.29, 0.717) is 18.1 Å². The third-order valence-electron chi connectivity index (χ3n) is 6.76. The second-order valence-corrected chi connectivity index (χ2v) is 10.2. The summed E-state index contributed by atoms with van der Waals surface area (Å²) < 4.78 is 41.5. The minimum Gasteiger partial charge on any atom is -0.493 e. The van der Waals surface area contributed by atoms with Crippen LogP contribution in [0.15, 0.2) is 42.5 Å². The number of hydrogen-bond donors (Lipinski definition) is 1. The average Bonchev–Trinajstić information content (AvgIpc) is 3.34. The maximum absolute atomic E-state index is 10.9. The van der Waals surface area contributed by atoms with Crippen LogP contribution in [0, 0.1) is 0 Å². The Kier molecular flexibility index (Phi) is 6.32. The van der Waals surface area contributed by atoms with Gasteiger partial charge in [0.25, 0.3) is 0 Å². The number of aliphatic hydroxyl groups excluding tert-OH is 1. The summed E-state index contributed by atoms with van der Waals surface area (Å²) in [5, 5.41) is 10.9. The molecule has 3 fully saturated rings. The van der Waals surface area contributed by atoms with E-state index in [-0.39, 0.29) is 0 Å². The van der Waals surface area contributed by atoms with Gasteiger partial charge in [-0.05, 0) is 56.5 Å². The standard InChI is InChI=1S/C27H34O8/c1-26(2)32-21-20(28)22-25(35-27(3,4)33-22)23(24(21)34-26)31-14-15-7-9-16(10-8-15)17-11-12-18(29-5)19(13-17)30-6/h7-13,20-25,28H,14H2,1-6H3/t20?,21-,22+,23?,24-,25-/m0/s1. The van der Waals surface area contributed by atoms with Crippen LogP contribution < -0.4 is 9.47 Å². The number of hydrogen-bond acceptors (Lipinski definition) is 8. The van der Waals surface area contributed by atoms with Gasteiger partial charge in [-0.15, -0.1) is 0 Å². The number of ether oxygens (including phenoxy) is 7. The molecule has 0 amide bonds. The highest BCUT2D eigenvalue weighted by Crippen LogP contribution is 2.45. The number of aliphatic hydroxyl groups is 1. The zero-order chi connectivity index (χ0) is 25.0. The van der Waals surface area contributed by atoms with Gasteiger partial charge in [0, 0.05) is 0 Å². The van der Waals surface area contributed by atoms with Crippen molar-refractivity contribution in [3.63, 3.8) is 0 Å². The third kappa shape index (κ3) is 4.67. The van der Waals surface area contributed by atoms with Gasteiger partial charge in [0.2, 0.25) is 0 Å². The average molecular weight is 487 g/mol. The molecule has 0 radical (unpaired) electrons. The molecule has 2 aliphatic heterocycles.